The number of hydrogen-bond acceptors (Lipinski definition) is 4. The van der Waals surface area contributed by atoms with E-state index in [1.165, 1.54) is 0 Å². The molecule has 0 saturated carbocycles. The molecule has 1 heterocycles. The van der Waals surface area contributed by atoms with E-state index in [0.29, 0.717) is 19.8 Å². The van der Waals surface area contributed by atoms with E-state index in [0.717, 1.165) is 11.1 Å². The third-order valence-corrected chi connectivity index (χ3v) is 3.21. The summed E-state index contributed by atoms with van der Waals surface area (Å²) >= 11 is 0. The molecular weight excluding hydrogens is 232 g/mol. The van der Waals surface area contributed by atoms with Gasteiger partial charge in [-0.3, -0.25) is 10.1 Å². The van der Waals surface area contributed by atoms with Crippen molar-refractivity contribution in [2.24, 2.45) is 5.73 Å². The van der Waals surface area contributed by atoms with E-state index >= 15 is 0 Å². The summed E-state index contributed by atoms with van der Waals surface area (Å²) in [4.78, 5) is 11.9. The molecule has 1 aliphatic heterocycles. The number of nitrogens with two attached hydrogens (primary N) is 1. The summed E-state index contributed by atoms with van der Waals surface area (Å²) in [6.45, 7) is 1.81. The molecule has 0 fully saturated rings. The molecule has 1 atom stereocenters. The number of carbonyl (C=O) groups is 1. The smallest absolute Gasteiger partial charge is 0.244 e. The fourth-order valence-corrected chi connectivity index (χ4v) is 2.26. The second kappa shape index (κ2) is 5.48. The average molecular weight is 250 g/mol. The minimum absolute atomic E-state index is 0.253. The first-order chi connectivity index (χ1) is 8.70. The number of rotatable bonds is 5. The van der Waals surface area contributed by atoms with Crippen molar-refractivity contribution in [3.05, 3.63) is 35.4 Å². The molecule has 1 aromatic carbocycles. The predicted octanol–water partition coefficient (Wildman–Crippen LogP) is 0.133. The monoisotopic (exact) mass is 250 g/mol. The molecule has 1 unspecified atom stereocenters. The number of benzene rings is 1. The molecule has 0 aliphatic carbocycles. The van der Waals surface area contributed by atoms with Gasteiger partial charge in [0.25, 0.3) is 0 Å². The van der Waals surface area contributed by atoms with Gasteiger partial charge in [-0.15, -0.1) is 0 Å². The Morgan fingerprint density at radius 1 is 1.56 bits per heavy atom. The summed E-state index contributed by atoms with van der Waals surface area (Å²) in [7, 11) is 1.62. The van der Waals surface area contributed by atoms with Crippen LogP contribution in [0.1, 0.15) is 11.1 Å². The number of nitrogens with one attached hydrogen (secondary N) is 1. The second-order valence-corrected chi connectivity index (χ2v) is 4.34. The van der Waals surface area contributed by atoms with Crippen molar-refractivity contribution in [3.8, 4) is 0 Å². The largest absolute Gasteiger partial charge is 0.383 e. The Hall–Kier alpha value is -1.43. The van der Waals surface area contributed by atoms with Crippen molar-refractivity contribution >= 4 is 5.91 Å². The van der Waals surface area contributed by atoms with Crippen molar-refractivity contribution in [1.29, 1.82) is 0 Å². The fourth-order valence-electron chi connectivity index (χ4n) is 2.26. The summed E-state index contributed by atoms with van der Waals surface area (Å²) in [5.41, 5.74) is 6.52. The molecule has 5 heteroatoms. The Balaban J connectivity index is 2.33. The van der Waals surface area contributed by atoms with Crippen LogP contribution in [0, 0.1) is 0 Å². The van der Waals surface area contributed by atoms with Gasteiger partial charge >= 0.3 is 0 Å². The van der Waals surface area contributed by atoms with E-state index < -0.39 is 11.4 Å². The maximum atomic E-state index is 11.9. The first-order valence-electron chi connectivity index (χ1n) is 5.91. The van der Waals surface area contributed by atoms with Gasteiger partial charge in [-0.1, -0.05) is 24.3 Å². The zero-order valence-electron chi connectivity index (χ0n) is 10.4. The number of primary amides is 1. The molecule has 0 bridgehead atoms. The Bertz CT molecular complexity index is 436. The highest BCUT2D eigenvalue weighted by Gasteiger charge is 2.42. The molecule has 0 saturated heterocycles. The molecule has 0 radical (unpaired) electrons. The lowest BCUT2D eigenvalue weighted by Gasteiger charge is -2.37. The van der Waals surface area contributed by atoms with Crippen molar-refractivity contribution in [3.63, 3.8) is 0 Å². The van der Waals surface area contributed by atoms with Gasteiger partial charge in [-0.05, 0) is 11.1 Å². The molecule has 1 amide bonds. The van der Waals surface area contributed by atoms with E-state index in [9.17, 15) is 4.79 Å². The van der Waals surface area contributed by atoms with Crippen LogP contribution in [-0.4, -0.2) is 32.8 Å². The SMILES string of the molecule is COCCNC1(C(N)=O)COCc2ccccc21. The Kier molecular flexibility index (Phi) is 3.96. The van der Waals surface area contributed by atoms with Gasteiger partial charge in [0.1, 0.15) is 5.54 Å². The first kappa shape index (κ1) is 13.0. The number of hydrogen-bond donors (Lipinski definition) is 2. The van der Waals surface area contributed by atoms with E-state index in [4.69, 9.17) is 15.2 Å². The lowest BCUT2D eigenvalue weighted by atomic mass is 9.84. The van der Waals surface area contributed by atoms with Crippen LogP contribution >= 0.6 is 0 Å². The van der Waals surface area contributed by atoms with Gasteiger partial charge < -0.3 is 15.2 Å². The van der Waals surface area contributed by atoms with E-state index in [-0.39, 0.29) is 6.61 Å². The summed E-state index contributed by atoms with van der Waals surface area (Å²) in [5, 5.41) is 3.17. The zero-order chi connectivity index (χ0) is 13.0. The van der Waals surface area contributed by atoms with E-state index in [1.54, 1.807) is 7.11 Å². The summed E-state index contributed by atoms with van der Waals surface area (Å²) in [6.07, 6.45) is 0. The molecule has 98 valence electrons. The van der Waals surface area contributed by atoms with Crippen LogP contribution < -0.4 is 11.1 Å². The number of methoxy groups -OCH3 is 1. The highest BCUT2D eigenvalue weighted by atomic mass is 16.5. The average Bonchev–Trinajstić information content (AvgIpc) is 2.39. The molecule has 18 heavy (non-hydrogen) atoms. The topological polar surface area (TPSA) is 73.6 Å². The Morgan fingerprint density at radius 3 is 3.06 bits per heavy atom. The van der Waals surface area contributed by atoms with Crippen molar-refractivity contribution in [2.75, 3.05) is 26.9 Å². The minimum Gasteiger partial charge on any atom is -0.383 e. The maximum Gasteiger partial charge on any atom is 0.244 e. The van der Waals surface area contributed by atoms with Gasteiger partial charge in [0, 0.05) is 13.7 Å². The normalized spacial score (nSPS) is 22.5. The standard InChI is InChI=1S/C13H18N2O3/c1-17-7-6-15-13(12(14)16)9-18-8-10-4-2-3-5-11(10)13/h2-5,15H,6-9H2,1H3,(H2,14,16). The summed E-state index contributed by atoms with van der Waals surface area (Å²) in [5.74, 6) is -0.425. The van der Waals surface area contributed by atoms with Gasteiger partial charge in [0.05, 0.1) is 19.8 Å². The number of ether oxygens (including phenoxy) is 2. The number of fused-ring (bicyclic) bond motifs is 1. The predicted molar refractivity (Wildman–Crippen MR) is 66.8 cm³/mol. The quantitative estimate of drug-likeness (QED) is 0.729. The lowest BCUT2D eigenvalue weighted by molar-refractivity contribution is -0.129. The van der Waals surface area contributed by atoms with Crippen molar-refractivity contribution in [2.45, 2.75) is 12.1 Å². The van der Waals surface area contributed by atoms with Crippen LogP contribution in [0.25, 0.3) is 0 Å². The molecule has 1 aromatic rings. The van der Waals surface area contributed by atoms with E-state index in [2.05, 4.69) is 5.32 Å². The number of amides is 1. The molecule has 0 spiro atoms. The van der Waals surface area contributed by atoms with Gasteiger partial charge in [0.15, 0.2) is 0 Å². The van der Waals surface area contributed by atoms with Crippen LogP contribution in [0.4, 0.5) is 0 Å². The minimum atomic E-state index is -0.951. The van der Waals surface area contributed by atoms with Gasteiger partial charge in [-0.25, -0.2) is 0 Å². The van der Waals surface area contributed by atoms with E-state index in [1.807, 2.05) is 24.3 Å². The molecular formula is C13H18N2O3. The fraction of sp³-hybridized carbons (Fsp3) is 0.462. The van der Waals surface area contributed by atoms with Gasteiger partial charge in [-0.2, -0.15) is 0 Å². The number of carbonyl (C=O) groups excluding carboxylic acids is 1. The van der Waals surface area contributed by atoms with Crippen molar-refractivity contribution in [1.82, 2.24) is 5.32 Å². The van der Waals surface area contributed by atoms with Crippen molar-refractivity contribution < 1.29 is 14.3 Å². The Labute approximate surface area is 106 Å². The molecule has 3 N–H and O–H groups in total. The molecule has 0 aromatic heterocycles. The third-order valence-electron chi connectivity index (χ3n) is 3.21. The Morgan fingerprint density at radius 2 is 2.33 bits per heavy atom. The zero-order valence-corrected chi connectivity index (χ0v) is 10.4. The molecule has 1 aliphatic rings. The van der Waals surface area contributed by atoms with Gasteiger partial charge in [0.2, 0.25) is 5.91 Å². The highest BCUT2D eigenvalue weighted by molar-refractivity contribution is 5.87. The molecule has 5 nitrogen and oxygen atoms in total. The highest BCUT2D eigenvalue weighted by Crippen LogP contribution is 2.30. The summed E-state index contributed by atoms with van der Waals surface area (Å²) < 4.78 is 10.5. The third kappa shape index (κ3) is 2.25. The van der Waals surface area contributed by atoms with Crippen LogP contribution in [0.15, 0.2) is 24.3 Å². The van der Waals surface area contributed by atoms with Crippen LogP contribution in [0.3, 0.4) is 0 Å². The van der Waals surface area contributed by atoms with Crippen LogP contribution in [0.2, 0.25) is 0 Å². The molecule has 2 rings (SSSR count). The summed E-state index contributed by atoms with van der Waals surface area (Å²) in [6, 6.07) is 7.70. The van der Waals surface area contributed by atoms with Crippen LogP contribution in [0.5, 0.6) is 0 Å². The first-order valence-corrected chi connectivity index (χ1v) is 5.91. The lowest BCUT2D eigenvalue weighted by Crippen LogP contribution is -2.58. The maximum absolute atomic E-state index is 11.9. The second-order valence-electron chi connectivity index (χ2n) is 4.34. The van der Waals surface area contributed by atoms with Crippen LogP contribution in [-0.2, 0) is 26.4 Å².